The van der Waals surface area contributed by atoms with Crippen molar-refractivity contribution in [2.75, 3.05) is 12.3 Å². The Morgan fingerprint density at radius 2 is 1.73 bits per heavy atom. The minimum Gasteiger partial charge on any atom is -0.311 e. The number of rotatable bonds is 11. The Kier molecular flexibility index (Phi) is 7.86. The van der Waals surface area contributed by atoms with Gasteiger partial charge in [-0.25, -0.2) is 4.98 Å². The highest BCUT2D eigenvalue weighted by Crippen LogP contribution is 2.66. The van der Waals surface area contributed by atoms with E-state index < -0.39 is 11.9 Å². The van der Waals surface area contributed by atoms with E-state index in [1.807, 2.05) is 18.2 Å². The first-order valence-corrected chi connectivity index (χ1v) is 16.8. The van der Waals surface area contributed by atoms with E-state index in [1.54, 1.807) is 18.7 Å². The molecule has 1 aliphatic heterocycles. The largest absolute Gasteiger partial charge is 0.311 e. The Labute approximate surface area is 248 Å². The van der Waals surface area contributed by atoms with Crippen molar-refractivity contribution in [2.24, 2.45) is 16.7 Å². The number of hydrogen-bond acceptors (Lipinski definition) is 6. The zero-order chi connectivity index (χ0) is 28.8. The molecule has 1 aromatic heterocycles. The van der Waals surface area contributed by atoms with Crippen LogP contribution in [0.2, 0.25) is 0 Å². The number of carbonyl (C=O) groups is 2. The lowest BCUT2D eigenvalue weighted by atomic mass is 9.43. The fraction of sp³-hybridized carbons (Fsp3) is 0.697. The lowest BCUT2D eigenvalue weighted by molar-refractivity contribution is -0.135. The molecule has 7 nitrogen and oxygen atoms in total. The first-order valence-electron chi connectivity index (χ1n) is 15.8. The number of thioether (sulfide) groups is 1. The summed E-state index contributed by atoms with van der Waals surface area (Å²) in [6, 6.07) is 5.10. The summed E-state index contributed by atoms with van der Waals surface area (Å²) in [5.41, 5.74) is 2.00. The zero-order valence-corrected chi connectivity index (χ0v) is 25.8. The SMILES string of the molecule is Cc1nc2cccc(SCCCCCCCNC34CC5C[C@@](C)(C3)C[C@@](C)(C5)C4)c2c(=O)n1[C@H]1CCC(=O)NC1=O. The van der Waals surface area contributed by atoms with E-state index in [0.29, 0.717) is 39.5 Å². The van der Waals surface area contributed by atoms with Gasteiger partial charge in [0.15, 0.2) is 0 Å². The van der Waals surface area contributed by atoms with Gasteiger partial charge in [-0.1, -0.05) is 39.2 Å². The van der Waals surface area contributed by atoms with Crippen molar-refractivity contribution in [1.29, 1.82) is 0 Å². The number of unbranched alkanes of at least 4 members (excludes halogenated alkanes) is 4. The van der Waals surface area contributed by atoms with Gasteiger partial charge < -0.3 is 5.32 Å². The molecule has 41 heavy (non-hydrogen) atoms. The summed E-state index contributed by atoms with van der Waals surface area (Å²) in [5.74, 6) is 1.68. The van der Waals surface area contributed by atoms with Crippen molar-refractivity contribution in [3.05, 3.63) is 34.4 Å². The molecule has 4 bridgehead atoms. The van der Waals surface area contributed by atoms with E-state index in [2.05, 4.69) is 29.5 Å². The summed E-state index contributed by atoms with van der Waals surface area (Å²) >= 11 is 1.71. The second kappa shape index (κ2) is 11.1. The fourth-order valence-electron chi connectivity index (χ4n) is 9.68. The predicted molar refractivity (Wildman–Crippen MR) is 164 cm³/mol. The Hall–Kier alpha value is -2.19. The van der Waals surface area contributed by atoms with E-state index in [-0.39, 0.29) is 17.9 Å². The molecule has 0 spiro atoms. The number of aryl methyl sites for hydroxylation is 1. The minimum atomic E-state index is -0.696. The first kappa shape index (κ1) is 28.9. The van der Waals surface area contributed by atoms with Crippen LogP contribution in [0, 0.1) is 23.7 Å². The van der Waals surface area contributed by atoms with Crippen molar-refractivity contribution < 1.29 is 9.59 Å². The second-order valence-electron chi connectivity index (χ2n) is 14.4. The van der Waals surface area contributed by atoms with Crippen LogP contribution < -0.4 is 16.2 Å². The summed E-state index contributed by atoms with van der Waals surface area (Å²) in [5, 5.41) is 7.02. The quantitative estimate of drug-likeness (QED) is 0.191. The van der Waals surface area contributed by atoms with Crippen molar-refractivity contribution in [1.82, 2.24) is 20.2 Å². The van der Waals surface area contributed by atoms with E-state index in [0.717, 1.165) is 29.5 Å². The summed E-state index contributed by atoms with van der Waals surface area (Å²) in [7, 11) is 0. The van der Waals surface area contributed by atoms with Crippen LogP contribution in [0.1, 0.15) is 109 Å². The number of hydrogen-bond donors (Lipinski definition) is 2. The number of carbonyl (C=O) groups excluding carboxylic acids is 2. The Morgan fingerprint density at radius 1 is 1.00 bits per heavy atom. The Bertz CT molecular complexity index is 1380. The standard InChI is InChI=1S/C33H46N4O3S/c1-22-35-24-10-9-11-26(28(24)30(40)37(22)25-12-13-27(38)36-29(25)39)41-15-8-6-4-5-7-14-34-33-18-23-16-31(2,20-33)19-32(3,17-23)21-33/h9-11,23,25,34H,4-8,12-21H2,1-3H3,(H,36,38,39)/t23?,25-,31+,32+,33?/m0/s1. The van der Waals surface area contributed by atoms with Gasteiger partial charge in [0.2, 0.25) is 11.8 Å². The van der Waals surface area contributed by atoms with Crippen LogP contribution in [0.25, 0.3) is 10.9 Å². The fourth-order valence-corrected chi connectivity index (χ4v) is 10.8. The number of benzene rings is 1. The molecule has 5 fully saturated rings. The highest BCUT2D eigenvalue weighted by Gasteiger charge is 2.59. The molecule has 5 aliphatic rings. The number of piperidine rings is 1. The molecule has 0 unspecified atom stereocenters. The molecule has 7 rings (SSSR count). The van der Waals surface area contributed by atoms with Gasteiger partial charge in [-0.3, -0.25) is 24.3 Å². The molecule has 1 saturated heterocycles. The second-order valence-corrected chi connectivity index (χ2v) is 15.5. The molecule has 2 amide bonds. The molecular formula is C33H46N4O3S. The van der Waals surface area contributed by atoms with Crippen LogP contribution in [-0.4, -0.2) is 39.2 Å². The maximum atomic E-state index is 13.6. The van der Waals surface area contributed by atoms with Gasteiger partial charge in [0, 0.05) is 16.9 Å². The van der Waals surface area contributed by atoms with Gasteiger partial charge in [-0.05, 0) is 106 Å². The zero-order valence-electron chi connectivity index (χ0n) is 25.0. The molecule has 8 heteroatoms. The lowest BCUT2D eigenvalue weighted by Gasteiger charge is -2.65. The summed E-state index contributed by atoms with van der Waals surface area (Å²) in [6.07, 6.45) is 15.1. The number of imide groups is 1. The Morgan fingerprint density at radius 3 is 2.46 bits per heavy atom. The van der Waals surface area contributed by atoms with Crippen LogP contribution in [0.3, 0.4) is 0 Å². The van der Waals surface area contributed by atoms with E-state index in [4.69, 9.17) is 0 Å². The maximum absolute atomic E-state index is 13.6. The monoisotopic (exact) mass is 578 g/mol. The van der Waals surface area contributed by atoms with Gasteiger partial charge in [0.1, 0.15) is 11.9 Å². The van der Waals surface area contributed by atoms with Crippen molar-refractivity contribution in [3.63, 3.8) is 0 Å². The van der Waals surface area contributed by atoms with Gasteiger partial charge in [-0.15, -0.1) is 11.8 Å². The molecule has 1 aromatic carbocycles. The molecule has 4 aliphatic carbocycles. The molecule has 222 valence electrons. The topological polar surface area (TPSA) is 93.1 Å². The minimum absolute atomic E-state index is 0.195. The van der Waals surface area contributed by atoms with Gasteiger partial charge in [0.05, 0.1) is 10.9 Å². The lowest BCUT2D eigenvalue weighted by Crippen LogP contribution is -2.64. The first-order chi connectivity index (χ1) is 19.6. The highest BCUT2D eigenvalue weighted by atomic mass is 32.2. The molecule has 2 aromatic rings. The average molecular weight is 579 g/mol. The van der Waals surface area contributed by atoms with Crippen molar-refractivity contribution in [3.8, 4) is 0 Å². The Balaban J connectivity index is 0.974. The molecule has 4 saturated carbocycles. The van der Waals surface area contributed by atoms with E-state index in [9.17, 15) is 14.4 Å². The normalized spacial score (nSPS) is 32.6. The number of aromatic nitrogens is 2. The average Bonchev–Trinajstić information content (AvgIpc) is 2.86. The van der Waals surface area contributed by atoms with Gasteiger partial charge >= 0.3 is 0 Å². The number of amides is 2. The summed E-state index contributed by atoms with van der Waals surface area (Å²) in [4.78, 5) is 43.3. The number of nitrogens with one attached hydrogen (secondary N) is 2. The maximum Gasteiger partial charge on any atom is 0.263 e. The summed E-state index contributed by atoms with van der Waals surface area (Å²) < 4.78 is 1.48. The predicted octanol–water partition coefficient (Wildman–Crippen LogP) is 6.06. The van der Waals surface area contributed by atoms with Crippen LogP contribution in [0.5, 0.6) is 0 Å². The van der Waals surface area contributed by atoms with Crippen LogP contribution >= 0.6 is 11.8 Å². The summed E-state index contributed by atoms with van der Waals surface area (Å²) in [6.45, 7) is 8.00. The smallest absolute Gasteiger partial charge is 0.263 e. The van der Waals surface area contributed by atoms with E-state index in [1.165, 1.54) is 68.8 Å². The molecule has 2 N–H and O–H groups in total. The molecule has 3 atom stereocenters. The number of nitrogens with zero attached hydrogens (tertiary/aromatic N) is 2. The van der Waals surface area contributed by atoms with Crippen LogP contribution in [0.4, 0.5) is 0 Å². The molecular weight excluding hydrogens is 532 g/mol. The van der Waals surface area contributed by atoms with E-state index >= 15 is 0 Å². The highest BCUT2D eigenvalue weighted by molar-refractivity contribution is 7.99. The van der Waals surface area contributed by atoms with Gasteiger partial charge in [0.25, 0.3) is 5.56 Å². The van der Waals surface area contributed by atoms with Crippen LogP contribution in [-0.2, 0) is 9.59 Å². The van der Waals surface area contributed by atoms with Gasteiger partial charge in [-0.2, -0.15) is 0 Å². The van der Waals surface area contributed by atoms with Crippen molar-refractivity contribution >= 4 is 34.5 Å². The number of fused-ring (bicyclic) bond motifs is 1. The van der Waals surface area contributed by atoms with Crippen molar-refractivity contribution in [2.45, 2.75) is 121 Å². The third-order valence-electron chi connectivity index (χ3n) is 10.3. The third-order valence-corrected chi connectivity index (χ3v) is 11.4. The molecule has 2 heterocycles. The van der Waals surface area contributed by atoms with Crippen LogP contribution in [0.15, 0.2) is 27.9 Å². The third kappa shape index (κ3) is 5.88. The molecule has 0 radical (unpaired) electrons.